The van der Waals surface area contributed by atoms with Crippen molar-refractivity contribution in [3.63, 3.8) is 0 Å². The largest absolute Gasteiger partial charge is 0.339 e. The molecule has 0 aromatic carbocycles. The number of carbonyl (C=O) groups is 1. The standard InChI is InChI=1S/C16H26N4O/c1-4-13-5-11(2)9-20(13)16(21)15-8-17-7-14(15)12-6-18-19(3)10-12/h6,10-11,13-15,17H,4-5,7-9H2,1-3H3/t11?,13?,14-,15+/m1/s1. The monoisotopic (exact) mass is 290 g/mol. The van der Waals surface area contributed by atoms with Crippen LogP contribution in [-0.4, -0.2) is 46.3 Å². The third-order valence-corrected chi connectivity index (χ3v) is 5.06. The number of aryl methyl sites for hydroxylation is 1. The quantitative estimate of drug-likeness (QED) is 0.915. The Kier molecular flexibility index (Phi) is 4.02. The first-order valence-electron chi connectivity index (χ1n) is 8.09. The van der Waals surface area contributed by atoms with Gasteiger partial charge in [0.2, 0.25) is 5.91 Å². The summed E-state index contributed by atoms with van der Waals surface area (Å²) in [5, 5.41) is 7.65. The lowest BCUT2D eigenvalue weighted by Gasteiger charge is -2.28. The number of carbonyl (C=O) groups excluding carboxylic acids is 1. The van der Waals surface area contributed by atoms with E-state index in [9.17, 15) is 4.79 Å². The van der Waals surface area contributed by atoms with Gasteiger partial charge in [0, 0.05) is 44.8 Å². The van der Waals surface area contributed by atoms with E-state index < -0.39 is 0 Å². The van der Waals surface area contributed by atoms with Crippen LogP contribution in [-0.2, 0) is 11.8 Å². The second-order valence-corrected chi connectivity index (χ2v) is 6.71. The van der Waals surface area contributed by atoms with Gasteiger partial charge in [-0.05, 0) is 24.3 Å². The van der Waals surface area contributed by atoms with Crippen molar-refractivity contribution in [2.24, 2.45) is 18.9 Å². The molecule has 1 amide bonds. The normalized spacial score (nSPS) is 32.8. The number of nitrogens with one attached hydrogen (secondary N) is 1. The average Bonchev–Trinajstić information content (AvgIpc) is 3.16. The molecule has 1 aromatic rings. The minimum Gasteiger partial charge on any atom is -0.339 e. The topological polar surface area (TPSA) is 50.2 Å². The molecule has 1 N–H and O–H groups in total. The first-order chi connectivity index (χ1) is 10.1. The Morgan fingerprint density at radius 2 is 2.29 bits per heavy atom. The Bertz CT molecular complexity index is 512. The molecule has 0 saturated carbocycles. The molecular formula is C16H26N4O. The fourth-order valence-corrected chi connectivity index (χ4v) is 3.94. The molecule has 0 bridgehead atoms. The van der Waals surface area contributed by atoms with Crippen LogP contribution in [0.25, 0.3) is 0 Å². The molecule has 2 saturated heterocycles. The van der Waals surface area contributed by atoms with E-state index in [0.717, 1.165) is 32.5 Å². The van der Waals surface area contributed by atoms with Crippen LogP contribution in [0.2, 0.25) is 0 Å². The lowest BCUT2D eigenvalue weighted by atomic mass is 9.89. The smallest absolute Gasteiger partial charge is 0.227 e. The molecule has 3 rings (SSSR count). The molecule has 5 heteroatoms. The Morgan fingerprint density at radius 1 is 1.48 bits per heavy atom. The van der Waals surface area contributed by atoms with Gasteiger partial charge in [0.25, 0.3) is 0 Å². The third-order valence-electron chi connectivity index (χ3n) is 5.06. The van der Waals surface area contributed by atoms with E-state index in [1.165, 1.54) is 5.56 Å². The summed E-state index contributed by atoms with van der Waals surface area (Å²) in [6.45, 7) is 7.03. The number of likely N-dealkylation sites (tertiary alicyclic amines) is 1. The number of nitrogens with zero attached hydrogens (tertiary/aromatic N) is 3. The molecule has 4 atom stereocenters. The van der Waals surface area contributed by atoms with Crippen LogP contribution in [0, 0.1) is 11.8 Å². The van der Waals surface area contributed by atoms with Crippen molar-refractivity contribution in [2.75, 3.05) is 19.6 Å². The van der Waals surface area contributed by atoms with Gasteiger partial charge in [0.1, 0.15) is 0 Å². The summed E-state index contributed by atoms with van der Waals surface area (Å²) >= 11 is 0. The van der Waals surface area contributed by atoms with Crippen molar-refractivity contribution in [1.82, 2.24) is 20.0 Å². The molecule has 1 aromatic heterocycles. The van der Waals surface area contributed by atoms with Gasteiger partial charge in [-0.2, -0.15) is 5.10 Å². The highest BCUT2D eigenvalue weighted by molar-refractivity contribution is 5.81. The zero-order chi connectivity index (χ0) is 15.0. The van der Waals surface area contributed by atoms with Crippen molar-refractivity contribution < 1.29 is 4.79 Å². The van der Waals surface area contributed by atoms with Gasteiger partial charge in [0.15, 0.2) is 0 Å². The van der Waals surface area contributed by atoms with Crippen molar-refractivity contribution in [3.8, 4) is 0 Å². The SMILES string of the molecule is CCC1CC(C)CN1C(=O)[C@H]1CNC[C@@H]1c1cnn(C)c1. The number of rotatable bonds is 3. The second kappa shape index (κ2) is 5.79. The van der Waals surface area contributed by atoms with E-state index in [0.29, 0.717) is 17.9 Å². The molecule has 0 radical (unpaired) electrons. The molecule has 2 aliphatic heterocycles. The summed E-state index contributed by atoms with van der Waals surface area (Å²) in [5.41, 5.74) is 1.18. The highest BCUT2D eigenvalue weighted by atomic mass is 16.2. The predicted octanol–water partition coefficient (Wildman–Crippen LogP) is 1.37. The van der Waals surface area contributed by atoms with Crippen LogP contribution in [0.15, 0.2) is 12.4 Å². The zero-order valence-corrected chi connectivity index (χ0v) is 13.2. The van der Waals surface area contributed by atoms with Gasteiger partial charge in [-0.25, -0.2) is 0 Å². The Hall–Kier alpha value is -1.36. The van der Waals surface area contributed by atoms with Crippen LogP contribution in [0.3, 0.4) is 0 Å². The van der Waals surface area contributed by atoms with Gasteiger partial charge >= 0.3 is 0 Å². The van der Waals surface area contributed by atoms with Crippen LogP contribution >= 0.6 is 0 Å². The van der Waals surface area contributed by atoms with Crippen LogP contribution in [0.1, 0.15) is 38.2 Å². The predicted molar refractivity (Wildman–Crippen MR) is 81.9 cm³/mol. The molecule has 5 nitrogen and oxygen atoms in total. The van der Waals surface area contributed by atoms with E-state index in [2.05, 4.69) is 29.2 Å². The van der Waals surface area contributed by atoms with E-state index in [-0.39, 0.29) is 11.8 Å². The molecule has 0 aliphatic carbocycles. The van der Waals surface area contributed by atoms with E-state index in [1.54, 1.807) is 0 Å². The molecule has 2 aliphatic rings. The van der Waals surface area contributed by atoms with Gasteiger partial charge in [-0.15, -0.1) is 0 Å². The summed E-state index contributed by atoms with van der Waals surface area (Å²) in [6.07, 6.45) is 6.16. The Labute approximate surface area is 126 Å². The van der Waals surface area contributed by atoms with Gasteiger partial charge in [-0.1, -0.05) is 13.8 Å². The fraction of sp³-hybridized carbons (Fsp3) is 0.750. The second-order valence-electron chi connectivity index (χ2n) is 6.71. The summed E-state index contributed by atoms with van der Waals surface area (Å²) in [6, 6.07) is 0.433. The van der Waals surface area contributed by atoms with E-state index in [4.69, 9.17) is 0 Å². The lowest BCUT2D eigenvalue weighted by molar-refractivity contribution is -0.136. The molecule has 21 heavy (non-hydrogen) atoms. The zero-order valence-electron chi connectivity index (χ0n) is 13.2. The molecular weight excluding hydrogens is 264 g/mol. The Balaban J connectivity index is 1.77. The van der Waals surface area contributed by atoms with Gasteiger partial charge < -0.3 is 10.2 Å². The summed E-state index contributed by atoms with van der Waals surface area (Å²) < 4.78 is 1.82. The number of hydrogen-bond donors (Lipinski definition) is 1. The van der Waals surface area contributed by atoms with Crippen LogP contribution < -0.4 is 5.32 Å². The summed E-state index contributed by atoms with van der Waals surface area (Å²) in [4.78, 5) is 15.2. The maximum absolute atomic E-state index is 13.0. The highest BCUT2D eigenvalue weighted by Gasteiger charge is 2.41. The average molecular weight is 290 g/mol. The molecule has 2 fully saturated rings. The highest BCUT2D eigenvalue weighted by Crippen LogP contribution is 2.33. The first kappa shape index (κ1) is 14.6. The number of hydrogen-bond acceptors (Lipinski definition) is 3. The summed E-state index contributed by atoms with van der Waals surface area (Å²) in [7, 11) is 1.93. The molecule has 2 unspecified atom stereocenters. The molecule has 0 spiro atoms. The number of amides is 1. The lowest BCUT2D eigenvalue weighted by Crippen LogP contribution is -2.41. The fourth-order valence-electron chi connectivity index (χ4n) is 3.94. The summed E-state index contributed by atoms with van der Waals surface area (Å²) in [5.74, 6) is 1.29. The van der Waals surface area contributed by atoms with Crippen molar-refractivity contribution in [3.05, 3.63) is 18.0 Å². The van der Waals surface area contributed by atoms with Gasteiger partial charge in [-0.3, -0.25) is 9.48 Å². The molecule has 3 heterocycles. The van der Waals surface area contributed by atoms with Crippen molar-refractivity contribution >= 4 is 5.91 Å². The number of aromatic nitrogens is 2. The van der Waals surface area contributed by atoms with Crippen LogP contribution in [0.5, 0.6) is 0 Å². The van der Waals surface area contributed by atoms with Crippen molar-refractivity contribution in [2.45, 2.75) is 38.6 Å². The minimum absolute atomic E-state index is 0.0635. The van der Waals surface area contributed by atoms with Gasteiger partial charge in [0.05, 0.1) is 12.1 Å². The van der Waals surface area contributed by atoms with E-state index >= 15 is 0 Å². The first-order valence-corrected chi connectivity index (χ1v) is 8.09. The van der Waals surface area contributed by atoms with Crippen molar-refractivity contribution in [1.29, 1.82) is 0 Å². The van der Waals surface area contributed by atoms with E-state index in [1.807, 2.05) is 24.1 Å². The maximum Gasteiger partial charge on any atom is 0.227 e. The Morgan fingerprint density at radius 3 is 2.95 bits per heavy atom. The minimum atomic E-state index is 0.0635. The molecule has 116 valence electrons. The van der Waals surface area contributed by atoms with Crippen LogP contribution in [0.4, 0.5) is 0 Å². The third kappa shape index (κ3) is 2.71. The maximum atomic E-state index is 13.0.